The minimum Gasteiger partial charge on any atom is -0.447 e. The number of nitrogens with one attached hydrogen (secondary N) is 3. The monoisotopic (exact) mass is 753 g/mol. The van der Waals surface area contributed by atoms with Gasteiger partial charge >= 0.3 is 18.8 Å². The van der Waals surface area contributed by atoms with Crippen molar-refractivity contribution >= 4 is 48.3 Å². The van der Waals surface area contributed by atoms with Crippen molar-refractivity contribution in [2.24, 2.45) is 10.1 Å². The summed E-state index contributed by atoms with van der Waals surface area (Å²) in [6, 6.07) is 7.89. The van der Waals surface area contributed by atoms with E-state index in [1.54, 1.807) is 12.1 Å². The van der Waals surface area contributed by atoms with E-state index in [9.17, 15) is 35.9 Å². The summed E-state index contributed by atoms with van der Waals surface area (Å²) in [6.45, 7) is 1.46. The Bertz CT molecular complexity index is 1770. The Labute approximate surface area is 299 Å². The van der Waals surface area contributed by atoms with Crippen molar-refractivity contribution in [3.8, 4) is 11.3 Å². The molecule has 1 fully saturated rings. The van der Waals surface area contributed by atoms with Crippen molar-refractivity contribution in [2.75, 3.05) is 18.2 Å². The van der Waals surface area contributed by atoms with Gasteiger partial charge in [-0.05, 0) is 69.7 Å². The molecule has 0 bridgehead atoms. The van der Waals surface area contributed by atoms with Gasteiger partial charge < -0.3 is 15.4 Å². The molecule has 0 aliphatic heterocycles. The maximum Gasteiger partial charge on any atom is 0.411 e. The fraction of sp³-hybridized carbons (Fsp3) is 0.364. The molecule has 0 spiro atoms. The molecule has 4 rings (SSSR count). The van der Waals surface area contributed by atoms with E-state index < -0.39 is 60.2 Å². The van der Waals surface area contributed by atoms with Crippen molar-refractivity contribution in [2.45, 2.75) is 63.1 Å². The number of amides is 2. The molecule has 0 unspecified atom stereocenters. The van der Waals surface area contributed by atoms with E-state index >= 15 is 0 Å². The van der Waals surface area contributed by atoms with Gasteiger partial charge in [0.15, 0.2) is 5.96 Å². The number of halogens is 7. The summed E-state index contributed by atoms with van der Waals surface area (Å²) in [6.07, 6.45) is -1.97. The molecular formula is C33H34ClF6N9O3. The number of hydrazone groups is 1. The van der Waals surface area contributed by atoms with Gasteiger partial charge in [0.1, 0.15) is 24.2 Å². The molecule has 278 valence electrons. The summed E-state index contributed by atoms with van der Waals surface area (Å²) in [5.74, 6) is -1.52. The second kappa shape index (κ2) is 16.4. The average Bonchev–Trinajstić information content (AvgIpc) is 3.88. The molecule has 2 amide bonds. The maximum atomic E-state index is 14.4. The van der Waals surface area contributed by atoms with E-state index in [0.29, 0.717) is 11.3 Å². The quantitative estimate of drug-likeness (QED) is 0.0521. The molecule has 1 heterocycles. The fourth-order valence-electron chi connectivity index (χ4n) is 4.87. The van der Waals surface area contributed by atoms with Crippen LogP contribution in [-0.2, 0) is 4.74 Å². The van der Waals surface area contributed by atoms with Crippen LogP contribution in [0.1, 0.15) is 55.1 Å². The highest BCUT2D eigenvalue weighted by Crippen LogP contribution is 2.49. The minimum absolute atomic E-state index is 0.0153. The zero-order chi connectivity index (χ0) is 38.3. The van der Waals surface area contributed by atoms with E-state index in [0.717, 1.165) is 17.3 Å². The molecule has 12 nitrogen and oxygen atoms in total. The second-order valence-corrected chi connectivity index (χ2v) is 12.6. The van der Waals surface area contributed by atoms with Gasteiger partial charge in [-0.25, -0.2) is 14.2 Å². The fourth-order valence-corrected chi connectivity index (χ4v) is 5.07. The predicted molar refractivity (Wildman–Crippen MR) is 182 cm³/mol. The lowest BCUT2D eigenvalue weighted by molar-refractivity contribution is -0.164. The van der Waals surface area contributed by atoms with Crippen molar-refractivity contribution < 1.29 is 40.7 Å². The number of carbonyl (C=O) groups excluding carboxylic acids is 2. The van der Waals surface area contributed by atoms with Crippen LogP contribution < -0.4 is 15.6 Å². The number of alkyl halides is 6. The molecule has 19 heteroatoms. The molecule has 3 aromatic rings. The largest absolute Gasteiger partial charge is 0.447 e. The highest BCUT2D eigenvalue weighted by atomic mass is 35.5. The highest BCUT2D eigenvalue weighted by molar-refractivity contribution is 6.33. The van der Waals surface area contributed by atoms with Crippen LogP contribution >= 0.6 is 11.6 Å². The Morgan fingerprint density at radius 3 is 2.38 bits per heavy atom. The number of rotatable bonds is 14. The van der Waals surface area contributed by atoms with Gasteiger partial charge in [-0.1, -0.05) is 29.8 Å². The number of anilines is 1. The van der Waals surface area contributed by atoms with Gasteiger partial charge in [-0.3, -0.25) is 30.1 Å². The van der Waals surface area contributed by atoms with Crippen LogP contribution in [0, 0.1) is 5.41 Å². The number of aliphatic imine (C=N–C) groups is 1. The van der Waals surface area contributed by atoms with Gasteiger partial charge in [0.25, 0.3) is 5.91 Å². The van der Waals surface area contributed by atoms with Crippen LogP contribution in [0.3, 0.4) is 0 Å². The number of carbonyl (C=O) groups is 2. The molecule has 3 N–H and O–H groups in total. The summed E-state index contributed by atoms with van der Waals surface area (Å²) in [4.78, 5) is 39.4. The molecule has 1 aromatic heterocycles. The highest BCUT2D eigenvalue weighted by Gasteiger charge is 2.64. The predicted octanol–water partition coefficient (Wildman–Crippen LogP) is 7.14. The third-order valence-electron chi connectivity index (χ3n) is 7.82. The average molecular weight is 754 g/mol. The van der Waals surface area contributed by atoms with Gasteiger partial charge in [-0.15, -0.1) is 0 Å². The van der Waals surface area contributed by atoms with E-state index in [1.165, 1.54) is 56.7 Å². The lowest BCUT2D eigenvalue weighted by atomic mass is 10.0. The van der Waals surface area contributed by atoms with E-state index in [4.69, 9.17) is 21.7 Å². The zero-order valence-electron chi connectivity index (χ0n) is 27.8. The van der Waals surface area contributed by atoms with E-state index in [2.05, 4.69) is 32.1 Å². The standard InChI is InChI=1S/C33H34ClF6N9O3/c1-31(2,37)12-13-45-29(41)48(27(50)21-6-4-20(5-7-21)24-17-43-14-15-44-24)26(18-52-30(51)47-32(10-11-32)33(38,39)40)22-8-9-23(34)25(16-22)49(28(35)36)46-19-42-3/h4-9,14-17,19,26,28H,3,10-13,18H2,1-2H3,(H2,41,45)(H,47,51)/b46-19-/t26-/m1/s1. The van der Waals surface area contributed by atoms with Crippen LogP contribution in [0.2, 0.25) is 5.02 Å². The van der Waals surface area contributed by atoms with Gasteiger partial charge in [0.05, 0.1) is 28.6 Å². The molecule has 2 aromatic carbocycles. The van der Waals surface area contributed by atoms with Gasteiger partial charge in [0.2, 0.25) is 0 Å². The first kappa shape index (κ1) is 39.5. The second-order valence-electron chi connectivity index (χ2n) is 12.2. The Morgan fingerprint density at radius 1 is 1.13 bits per heavy atom. The number of guanidine groups is 1. The van der Waals surface area contributed by atoms with Crippen LogP contribution in [0.4, 0.5) is 36.8 Å². The van der Waals surface area contributed by atoms with Gasteiger partial charge in [0, 0.05) is 30.1 Å². The first-order chi connectivity index (χ1) is 24.5. The Balaban J connectivity index is 1.79. The summed E-state index contributed by atoms with van der Waals surface area (Å²) in [5.41, 5.74) is -3.59. The van der Waals surface area contributed by atoms with E-state index in [1.807, 2.05) is 5.32 Å². The summed E-state index contributed by atoms with van der Waals surface area (Å²) in [7, 11) is 0. The molecular weight excluding hydrogens is 720 g/mol. The minimum atomic E-state index is -4.77. The third kappa shape index (κ3) is 9.95. The maximum absolute atomic E-state index is 14.4. The summed E-state index contributed by atoms with van der Waals surface area (Å²) in [5, 5.41) is 16.9. The van der Waals surface area contributed by atoms with Crippen LogP contribution in [0.5, 0.6) is 0 Å². The van der Waals surface area contributed by atoms with Crippen molar-refractivity contribution in [1.82, 2.24) is 25.5 Å². The normalized spacial score (nSPS) is 14.4. The topological polar surface area (TPSA) is 148 Å². The Kier molecular flexibility index (Phi) is 12.5. The number of aromatic nitrogens is 2. The molecule has 0 saturated heterocycles. The molecule has 1 atom stereocenters. The lowest BCUT2D eigenvalue weighted by Crippen LogP contribution is -2.50. The number of benzene rings is 2. The summed E-state index contributed by atoms with van der Waals surface area (Å²) >= 11 is 6.27. The SMILES string of the molecule is C=N/C=N\N(c1cc([C@@H](COC(=O)NC2(C(F)(F)F)CC2)N(C(=N)NCCC(C)(C)F)C(=O)c2ccc(-c3cnccn3)cc2)ccc1Cl)C(F)F. The van der Waals surface area contributed by atoms with Gasteiger partial charge in [-0.2, -0.15) is 27.1 Å². The molecule has 52 heavy (non-hydrogen) atoms. The molecule has 0 radical (unpaired) electrons. The van der Waals surface area contributed by atoms with Crippen molar-refractivity contribution in [3.05, 3.63) is 77.2 Å². The number of alkyl carbamates (subject to hydrolysis) is 1. The molecule has 1 aliphatic rings. The number of ether oxygens (including phenoxy) is 1. The van der Waals surface area contributed by atoms with E-state index in [-0.39, 0.29) is 47.0 Å². The third-order valence-corrected chi connectivity index (χ3v) is 8.14. The molecule has 1 saturated carbocycles. The number of hydrogen-bond acceptors (Lipinski definition) is 8. The lowest BCUT2D eigenvalue weighted by Gasteiger charge is -2.33. The zero-order valence-corrected chi connectivity index (χ0v) is 28.6. The smallest absolute Gasteiger partial charge is 0.411 e. The summed E-state index contributed by atoms with van der Waals surface area (Å²) < 4.78 is 88.7. The molecule has 1 aliphatic carbocycles. The Morgan fingerprint density at radius 2 is 1.83 bits per heavy atom. The number of hydrogen-bond donors (Lipinski definition) is 3. The van der Waals surface area contributed by atoms with Crippen molar-refractivity contribution in [1.29, 1.82) is 5.41 Å². The van der Waals surface area contributed by atoms with Crippen LogP contribution in [0.15, 0.2) is 71.1 Å². The van der Waals surface area contributed by atoms with Crippen LogP contribution in [0.25, 0.3) is 11.3 Å². The number of nitrogens with zero attached hydrogens (tertiary/aromatic N) is 6. The van der Waals surface area contributed by atoms with Crippen LogP contribution in [-0.4, -0.2) is 83.0 Å². The van der Waals surface area contributed by atoms with Crippen molar-refractivity contribution in [3.63, 3.8) is 0 Å². The first-order valence-corrected chi connectivity index (χ1v) is 15.9. The first-order valence-electron chi connectivity index (χ1n) is 15.5. The Hall–Kier alpha value is -5.26.